The smallest absolute Gasteiger partial charge is 0.324 e. The maximum atomic E-state index is 14.5. The van der Waals surface area contributed by atoms with Crippen LogP contribution in [0.5, 0.6) is 0 Å². The van der Waals surface area contributed by atoms with Gasteiger partial charge in [0.05, 0.1) is 11.6 Å². The maximum absolute atomic E-state index is 14.5. The first-order valence-corrected chi connectivity index (χ1v) is 10.6. The highest BCUT2D eigenvalue weighted by Crippen LogP contribution is 2.39. The molecule has 8 heteroatoms. The minimum Gasteiger partial charge on any atom is -0.324 e. The molecular formula is C24H20F4N4. The van der Waals surface area contributed by atoms with E-state index in [0.717, 1.165) is 30.2 Å². The Labute approximate surface area is 182 Å². The number of amidine groups is 1. The number of alkyl halides is 3. The van der Waals surface area contributed by atoms with Crippen LogP contribution in [0.15, 0.2) is 47.5 Å². The van der Waals surface area contributed by atoms with Crippen molar-refractivity contribution in [3.8, 4) is 11.4 Å². The zero-order valence-electron chi connectivity index (χ0n) is 17.3. The molecule has 0 spiro atoms. The van der Waals surface area contributed by atoms with Gasteiger partial charge in [0.25, 0.3) is 0 Å². The second-order valence-electron chi connectivity index (χ2n) is 7.95. The molecule has 0 radical (unpaired) electrons. The number of benzene rings is 2. The number of aryl methyl sites for hydroxylation is 1. The van der Waals surface area contributed by atoms with Crippen LogP contribution in [-0.2, 0) is 19.0 Å². The summed E-state index contributed by atoms with van der Waals surface area (Å²) in [5.41, 5.74) is 1.95. The lowest BCUT2D eigenvalue weighted by Crippen LogP contribution is -2.16. The Morgan fingerprint density at radius 1 is 1.00 bits per heavy atom. The molecule has 2 aromatic carbocycles. The Morgan fingerprint density at radius 2 is 1.78 bits per heavy atom. The quantitative estimate of drug-likeness (QED) is 0.500. The maximum Gasteiger partial charge on any atom is 0.417 e. The van der Waals surface area contributed by atoms with E-state index in [1.54, 1.807) is 18.2 Å². The average molecular weight is 440 g/mol. The van der Waals surface area contributed by atoms with Gasteiger partial charge in [0, 0.05) is 27.9 Å². The Balaban J connectivity index is 1.61. The van der Waals surface area contributed by atoms with Gasteiger partial charge >= 0.3 is 6.18 Å². The van der Waals surface area contributed by atoms with E-state index < -0.39 is 11.7 Å². The highest BCUT2D eigenvalue weighted by atomic mass is 19.4. The lowest BCUT2D eigenvalue weighted by molar-refractivity contribution is -0.137. The van der Waals surface area contributed by atoms with Crippen LogP contribution >= 0.6 is 0 Å². The van der Waals surface area contributed by atoms with Gasteiger partial charge in [-0.15, -0.1) is 0 Å². The monoisotopic (exact) mass is 440 g/mol. The summed E-state index contributed by atoms with van der Waals surface area (Å²) in [6.07, 6.45) is -1.65. The van der Waals surface area contributed by atoms with Crippen LogP contribution in [0.25, 0.3) is 11.4 Å². The molecule has 1 aromatic heterocycles. The van der Waals surface area contributed by atoms with Gasteiger partial charge in [-0.1, -0.05) is 37.3 Å². The van der Waals surface area contributed by atoms with Gasteiger partial charge in [0.1, 0.15) is 17.5 Å². The fraction of sp³-hybridized carbons (Fsp3) is 0.292. The number of aliphatic imine (C=N–C) groups is 1. The van der Waals surface area contributed by atoms with E-state index in [1.165, 1.54) is 18.2 Å². The molecule has 1 aliphatic heterocycles. The van der Waals surface area contributed by atoms with Crippen LogP contribution in [0.4, 0.5) is 23.4 Å². The second kappa shape index (κ2) is 7.69. The van der Waals surface area contributed by atoms with Crippen LogP contribution in [-0.4, -0.2) is 15.8 Å². The van der Waals surface area contributed by atoms with Crippen LogP contribution in [0.1, 0.15) is 53.8 Å². The molecule has 4 nitrogen and oxygen atoms in total. The zero-order valence-corrected chi connectivity index (χ0v) is 17.3. The SMILES string of the molecule is CCC1N=C(Nc2nc(-c3ccccc3C(F)(F)F)nc3c2CCC3)c2cccc(F)c21. The third-order valence-corrected chi connectivity index (χ3v) is 5.96. The van der Waals surface area contributed by atoms with Gasteiger partial charge in [-0.3, -0.25) is 4.99 Å². The fourth-order valence-corrected chi connectivity index (χ4v) is 4.46. The van der Waals surface area contributed by atoms with Gasteiger partial charge in [-0.25, -0.2) is 14.4 Å². The molecule has 5 rings (SSSR count). The Morgan fingerprint density at radius 3 is 2.56 bits per heavy atom. The molecular weight excluding hydrogens is 420 g/mol. The first kappa shape index (κ1) is 20.6. The molecule has 1 unspecified atom stereocenters. The van der Waals surface area contributed by atoms with Crippen molar-refractivity contribution in [1.29, 1.82) is 0 Å². The highest BCUT2D eigenvalue weighted by molar-refractivity contribution is 6.11. The first-order valence-electron chi connectivity index (χ1n) is 10.6. The molecule has 0 saturated carbocycles. The summed E-state index contributed by atoms with van der Waals surface area (Å²) in [5.74, 6) is 0.619. The molecule has 1 aliphatic carbocycles. The van der Waals surface area contributed by atoms with E-state index in [4.69, 9.17) is 0 Å². The number of nitrogens with one attached hydrogen (secondary N) is 1. The number of fused-ring (bicyclic) bond motifs is 2. The third-order valence-electron chi connectivity index (χ3n) is 5.96. The minimum atomic E-state index is -4.52. The molecule has 2 heterocycles. The molecule has 0 bridgehead atoms. The summed E-state index contributed by atoms with van der Waals surface area (Å²) < 4.78 is 55.3. The summed E-state index contributed by atoms with van der Waals surface area (Å²) in [7, 11) is 0. The number of aromatic nitrogens is 2. The molecule has 2 aliphatic rings. The van der Waals surface area contributed by atoms with Crippen molar-refractivity contribution in [2.45, 2.75) is 44.8 Å². The minimum absolute atomic E-state index is 0.0196. The summed E-state index contributed by atoms with van der Waals surface area (Å²) in [5, 5.41) is 3.21. The van der Waals surface area contributed by atoms with Gasteiger partial charge in [-0.05, 0) is 37.8 Å². The van der Waals surface area contributed by atoms with Crippen LogP contribution in [0, 0.1) is 5.82 Å². The number of anilines is 1. The van der Waals surface area contributed by atoms with Gasteiger partial charge < -0.3 is 5.32 Å². The van der Waals surface area contributed by atoms with Crippen molar-refractivity contribution in [2.24, 2.45) is 4.99 Å². The molecule has 0 amide bonds. The van der Waals surface area contributed by atoms with E-state index in [1.807, 2.05) is 6.92 Å². The Hall–Kier alpha value is -3.29. The summed E-state index contributed by atoms with van der Waals surface area (Å²) in [6, 6.07) is 9.82. The molecule has 3 aromatic rings. The van der Waals surface area contributed by atoms with Crippen molar-refractivity contribution in [3.63, 3.8) is 0 Å². The van der Waals surface area contributed by atoms with Crippen LogP contribution in [0.2, 0.25) is 0 Å². The van der Waals surface area contributed by atoms with Crippen molar-refractivity contribution >= 4 is 11.7 Å². The van der Waals surface area contributed by atoms with Gasteiger partial charge in [-0.2, -0.15) is 13.2 Å². The summed E-state index contributed by atoms with van der Waals surface area (Å²) in [6.45, 7) is 1.93. The Bertz CT molecular complexity index is 1230. The van der Waals surface area contributed by atoms with E-state index in [-0.39, 0.29) is 23.2 Å². The number of hydrogen-bond donors (Lipinski definition) is 1. The normalized spacial score (nSPS) is 17.2. The van der Waals surface area contributed by atoms with Crippen LogP contribution in [0.3, 0.4) is 0 Å². The molecule has 32 heavy (non-hydrogen) atoms. The fourth-order valence-electron chi connectivity index (χ4n) is 4.46. The molecule has 0 fully saturated rings. The summed E-state index contributed by atoms with van der Waals surface area (Å²) >= 11 is 0. The molecule has 1 atom stereocenters. The zero-order chi connectivity index (χ0) is 22.5. The predicted octanol–water partition coefficient (Wildman–Crippen LogP) is 6.11. The van der Waals surface area contributed by atoms with Crippen molar-refractivity contribution in [2.75, 3.05) is 5.32 Å². The van der Waals surface area contributed by atoms with Crippen molar-refractivity contribution in [1.82, 2.24) is 9.97 Å². The van der Waals surface area contributed by atoms with Gasteiger partial charge in [0.15, 0.2) is 5.82 Å². The van der Waals surface area contributed by atoms with E-state index >= 15 is 0 Å². The number of halogens is 4. The number of nitrogens with zero attached hydrogens (tertiary/aromatic N) is 3. The van der Waals surface area contributed by atoms with Gasteiger partial charge in [0.2, 0.25) is 0 Å². The van der Waals surface area contributed by atoms with E-state index in [0.29, 0.717) is 35.6 Å². The third kappa shape index (κ3) is 3.43. The standard InChI is InChI=1S/C24H20F4N4/c1-2-18-20-15(9-5-11-17(20)25)23(29-18)32-22-14-8-6-12-19(14)30-21(31-22)13-7-3-4-10-16(13)24(26,27)28/h3-5,7,9-11,18H,2,6,8,12H2,1H3,(H,29,30,31,32). The molecule has 1 N–H and O–H groups in total. The lowest BCUT2D eigenvalue weighted by Gasteiger charge is -2.15. The Kier molecular flexibility index (Phi) is 4.95. The number of hydrogen-bond acceptors (Lipinski definition) is 4. The second-order valence-corrected chi connectivity index (χ2v) is 7.95. The van der Waals surface area contributed by atoms with Crippen molar-refractivity contribution in [3.05, 3.63) is 76.2 Å². The summed E-state index contributed by atoms with van der Waals surface area (Å²) in [4.78, 5) is 13.6. The van der Waals surface area contributed by atoms with Crippen molar-refractivity contribution < 1.29 is 17.6 Å². The largest absolute Gasteiger partial charge is 0.417 e. The molecule has 0 saturated heterocycles. The average Bonchev–Trinajstić information content (AvgIpc) is 3.38. The highest BCUT2D eigenvalue weighted by Gasteiger charge is 2.35. The van der Waals surface area contributed by atoms with E-state index in [9.17, 15) is 17.6 Å². The van der Waals surface area contributed by atoms with E-state index in [2.05, 4.69) is 20.3 Å². The molecule has 164 valence electrons. The lowest BCUT2D eigenvalue weighted by atomic mass is 10.0. The topological polar surface area (TPSA) is 50.2 Å². The first-order chi connectivity index (χ1) is 15.4. The van der Waals surface area contributed by atoms with Crippen LogP contribution < -0.4 is 5.32 Å². The predicted molar refractivity (Wildman–Crippen MR) is 114 cm³/mol. The number of rotatable bonds is 3.